The molecule has 1 aromatic carbocycles. The number of ether oxygens (including phenoxy) is 1. The van der Waals surface area contributed by atoms with Crippen molar-refractivity contribution >= 4 is 16.8 Å². The second-order valence-corrected chi connectivity index (χ2v) is 6.13. The Balaban J connectivity index is 1.70. The normalized spacial score (nSPS) is 20.6. The van der Waals surface area contributed by atoms with Gasteiger partial charge in [0.15, 0.2) is 0 Å². The highest BCUT2D eigenvalue weighted by atomic mass is 16.5. The first-order valence-corrected chi connectivity index (χ1v) is 7.35. The van der Waals surface area contributed by atoms with Gasteiger partial charge >= 0.3 is 0 Å². The lowest BCUT2D eigenvalue weighted by Crippen LogP contribution is -2.33. The molecule has 0 spiro atoms. The van der Waals surface area contributed by atoms with E-state index in [1.54, 1.807) is 6.20 Å². The quantitative estimate of drug-likeness (QED) is 0.943. The minimum atomic E-state index is -0.0902. The number of rotatable bonds is 3. The maximum Gasteiger partial charge on any atom is 0.253 e. The van der Waals surface area contributed by atoms with Crippen molar-refractivity contribution in [2.75, 3.05) is 6.54 Å². The van der Waals surface area contributed by atoms with Crippen LogP contribution < -0.4 is 5.32 Å². The number of hydrogen-bond acceptors (Lipinski definition) is 3. The van der Waals surface area contributed by atoms with Crippen LogP contribution in [0.5, 0.6) is 0 Å². The summed E-state index contributed by atoms with van der Waals surface area (Å²) in [7, 11) is 0. The molecule has 1 fully saturated rings. The van der Waals surface area contributed by atoms with Crippen LogP contribution in [0.1, 0.15) is 37.0 Å². The highest BCUT2D eigenvalue weighted by Crippen LogP contribution is 2.28. The van der Waals surface area contributed by atoms with Crippen molar-refractivity contribution in [3.63, 3.8) is 0 Å². The van der Waals surface area contributed by atoms with Crippen LogP contribution in [0.25, 0.3) is 10.9 Å². The van der Waals surface area contributed by atoms with E-state index in [4.69, 9.17) is 4.74 Å². The molecular weight excluding hydrogens is 264 g/mol. The average Bonchev–Trinajstić information content (AvgIpc) is 2.83. The van der Waals surface area contributed by atoms with Crippen molar-refractivity contribution in [2.24, 2.45) is 0 Å². The Labute approximate surface area is 124 Å². The van der Waals surface area contributed by atoms with Gasteiger partial charge in [0, 0.05) is 18.1 Å². The molecule has 2 heterocycles. The van der Waals surface area contributed by atoms with Crippen molar-refractivity contribution in [2.45, 2.75) is 38.4 Å². The molecule has 2 aromatic rings. The molecular formula is C17H20N2O2. The summed E-state index contributed by atoms with van der Waals surface area (Å²) < 4.78 is 5.89. The van der Waals surface area contributed by atoms with Gasteiger partial charge < -0.3 is 10.1 Å². The molecule has 1 amide bonds. The van der Waals surface area contributed by atoms with E-state index in [2.05, 4.69) is 24.1 Å². The number of benzene rings is 1. The van der Waals surface area contributed by atoms with Gasteiger partial charge in [-0.1, -0.05) is 18.2 Å². The van der Waals surface area contributed by atoms with Crippen LogP contribution in [0.4, 0.5) is 0 Å². The summed E-state index contributed by atoms with van der Waals surface area (Å²) in [5.74, 6) is -0.0902. The van der Waals surface area contributed by atoms with Crippen LogP contribution >= 0.6 is 0 Å². The first-order valence-electron chi connectivity index (χ1n) is 7.35. The average molecular weight is 284 g/mol. The SMILES string of the molecule is CC1(C)CCC(CNC(=O)c2cccc3cccnc23)O1. The molecule has 0 saturated carbocycles. The summed E-state index contributed by atoms with van der Waals surface area (Å²) in [6.07, 6.45) is 3.83. The molecule has 1 unspecified atom stereocenters. The van der Waals surface area contributed by atoms with Crippen molar-refractivity contribution in [1.29, 1.82) is 0 Å². The van der Waals surface area contributed by atoms with Gasteiger partial charge in [-0.3, -0.25) is 9.78 Å². The third kappa shape index (κ3) is 3.05. The van der Waals surface area contributed by atoms with Crippen LogP contribution in [-0.2, 0) is 4.74 Å². The van der Waals surface area contributed by atoms with E-state index < -0.39 is 0 Å². The molecule has 110 valence electrons. The van der Waals surface area contributed by atoms with Gasteiger partial charge in [-0.2, -0.15) is 0 Å². The number of fused-ring (bicyclic) bond motifs is 1. The fourth-order valence-corrected chi connectivity index (χ4v) is 2.81. The van der Waals surface area contributed by atoms with Crippen molar-refractivity contribution < 1.29 is 9.53 Å². The smallest absolute Gasteiger partial charge is 0.253 e. The van der Waals surface area contributed by atoms with Gasteiger partial charge in [0.1, 0.15) is 0 Å². The molecule has 0 radical (unpaired) electrons. The maximum absolute atomic E-state index is 12.4. The van der Waals surface area contributed by atoms with E-state index in [0.717, 1.165) is 23.7 Å². The monoisotopic (exact) mass is 284 g/mol. The van der Waals surface area contributed by atoms with Gasteiger partial charge in [-0.05, 0) is 38.8 Å². The summed E-state index contributed by atoms with van der Waals surface area (Å²) in [5.41, 5.74) is 1.28. The van der Waals surface area contributed by atoms with E-state index in [9.17, 15) is 4.79 Å². The molecule has 1 N–H and O–H groups in total. The van der Waals surface area contributed by atoms with Gasteiger partial charge in [-0.25, -0.2) is 0 Å². The Bertz CT molecular complexity index is 661. The van der Waals surface area contributed by atoms with Gasteiger partial charge in [0.25, 0.3) is 5.91 Å². The zero-order chi connectivity index (χ0) is 14.9. The van der Waals surface area contributed by atoms with E-state index in [1.807, 2.05) is 30.3 Å². The lowest BCUT2D eigenvalue weighted by molar-refractivity contribution is -0.0138. The number of nitrogens with zero attached hydrogens (tertiary/aromatic N) is 1. The molecule has 21 heavy (non-hydrogen) atoms. The predicted molar refractivity (Wildman–Crippen MR) is 82.3 cm³/mol. The number of aromatic nitrogens is 1. The molecule has 4 heteroatoms. The molecule has 4 nitrogen and oxygen atoms in total. The van der Waals surface area contributed by atoms with Gasteiger partial charge in [-0.15, -0.1) is 0 Å². The van der Waals surface area contributed by atoms with Gasteiger partial charge in [0.2, 0.25) is 0 Å². The summed E-state index contributed by atoms with van der Waals surface area (Å²) in [5, 5.41) is 3.94. The highest BCUT2D eigenvalue weighted by molar-refractivity contribution is 6.05. The largest absolute Gasteiger partial charge is 0.371 e. The van der Waals surface area contributed by atoms with Crippen molar-refractivity contribution in [1.82, 2.24) is 10.3 Å². The number of carbonyl (C=O) groups is 1. The van der Waals surface area contributed by atoms with Crippen LogP contribution in [0.15, 0.2) is 36.5 Å². The van der Waals surface area contributed by atoms with Crippen LogP contribution in [-0.4, -0.2) is 29.1 Å². The topological polar surface area (TPSA) is 51.2 Å². The number of nitrogens with one attached hydrogen (secondary N) is 1. The molecule has 0 bridgehead atoms. The van der Waals surface area contributed by atoms with Crippen LogP contribution in [0.2, 0.25) is 0 Å². The van der Waals surface area contributed by atoms with E-state index in [0.29, 0.717) is 12.1 Å². The lowest BCUT2D eigenvalue weighted by Gasteiger charge is -2.19. The first kappa shape index (κ1) is 14.0. The molecule has 1 aliphatic heterocycles. The highest BCUT2D eigenvalue weighted by Gasteiger charge is 2.31. The zero-order valence-electron chi connectivity index (χ0n) is 12.4. The number of pyridine rings is 1. The summed E-state index contributed by atoms with van der Waals surface area (Å²) in [6.45, 7) is 4.72. The Kier molecular flexibility index (Phi) is 3.64. The second kappa shape index (κ2) is 5.45. The second-order valence-electron chi connectivity index (χ2n) is 6.13. The zero-order valence-corrected chi connectivity index (χ0v) is 12.4. The Morgan fingerprint density at radius 2 is 2.19 bits per heavy atom. The van der Waals surface area contributed by atoms with E-state index in [1.165, 1.54) is 0 Å². The molecule has 1 aliphatic rings. The Hall–Kier alpha value is -1.94. The predicted octanol–water partition coefficient (Wildman–Crippen LogP) is 2.92. The molecule has 1 atom stereocenters. The number of para-hydroxylation sites is 1. The van der Waals surface area contributed by atoms with Crippen LogP contribution in [0, 0.1) is 0 Å². The molecule has 1 saturated heterocycles. The van der Waals surface area contributed by atoms with Crippen molar-refractivity contribution in [3.05, 3.63) is 42.1 Å². The Morgan fingerprint density at radius 3 is 2.95 bits per heavy atom. The van der Waals surface area contributed by atoms with Gasteiger partial charge in [0.05, 0.1) is 22.8 Å². The summed E-state index contributed by atoms with van der Waals surface area (Å²) >= 11 is 0. The van der Waals surface area contributed by atoms with E-state index >= 15 is 0 Å². The number of amides is 1. The number of carbonyl (C=O) groups excluding carboxylic acids is 1. The number of hydrogen-bond donors (Lipinski definition) is 1. The first-order chi connectivity index (χ1) is 10.1. The minimum Gasteiger partial charge on any atom is -0.371 e. The fourth-order valence-electron chi connectivity index (χ4n) is 2.81. The minimum absolute atomic E-state index is 0.0730. The Morgan fingerprint density at radius 1 is 1.38 bits per heavy atom. The molecule has 3 rings (SSSR count). The molecule has 0 aliphatic carbocycles. The lowest BCUT2D eigenvalue weighted by atomic mass is 10.1. The fraction of sp³-hybridized carbons (Fsp3) is 0.412. The maximum atomic E-state index is 12.4. The summed E-state index contributed by atoms with van der Waals surface area (Å²) in [4.78, 5) is 16.7. The van der Waals surface area contributed by atoms with Crippen LogP contribution in [0.3, 0.4) is 0 Å². The third-order valence-corrected chi connectivity index (χ3v) is 3.92. The van der Waals surface area contributed by atoms with Crippen molar-refractivity contribution in [3.8, 4) is 0 Å². The third-order valence-electron chi connectivity index (χ3n) is 3.92. The standard InChI is InChI=1S/C17H20N2O2/c1-17(2)9-8-13(21-17)11-19-16(20)14-7-3-5-12-6-4-10-18-15(12)14/h3-7,10,13H,8-9,11H2,1-2H3,(H,19,20). The van der Waals surface area contributed by atoms with E-state index in [-0.39, 0.29) is 17.6 Å². The summed E-state index contributed by atoms with van der Waals surface area (Å²) in [6, 6.07) is 9.49. The molecule has 1 aromatic heterocycles.